The summed E-state index contributed by atoms with van der Waals surface area (Å²) < 4.78 is 4.56. The first-order valence-electron chi connectivity index (χ1n) is 5.94. The number of nitrogens with zero attached hydrogens (tertiary/aromatic N) is 2. The van der Waals surface area contributed by atoms with Crippen LogP contribution in [0, 0.1) is 6.92 Å². The number of esters is 1. The second kappa shape index (κ2) is 6.36. The molecule has 0 aliphatic carbocycles. The third-order valence-corrected chi connectivity index (χ3v) is 3.59. The van der Waals surface area contributed by atoms with Gasteiger partial charge in [0.25, 0.3) is 0 Å². The topological polar surface area (TPSA) is 89.4 Å². The molecule has 108 valence electrons. The molecule has 1 heterocycles. The number of hydrogen-bond acceptors (Lipinski definition) is 6. The molecule has 2 aromatic rings. The average molecular weight is 304 g/mol. The van der Waals surface area contributed by atoms with Crippen molar-refractivity contribution in [3.05, 3.63) is 47.4 Å². The molecule has 0 amide bonds. The standard InChI is InChI=1S/C14H12N2O4S/c1-8-3-4-9(7-10(8)13(17)18)21-11-5-6-15-12(16-11)14(19)20-2/h3-7H,1-2H3,(H,17,18). The smallest absolute Gasteiger partial charge is 0.376 e. The van der Waals surface area contributed by atoms with Crippen LogP contribution in [-0.4, -0.2) is 34.1 Å². The van der Waals surface area contributed by atoms with Crippen LogP contribution in [0.25, 0.3) is 0 Å². The van der Waals surface area contributed by atoms with E-state index in [4.69, 9.17) is 5.11 Å². The maximum absolute atomic E-state index is 11.4. The van der Waals surface area contributed by atoms with Gasteiger partial charge in [-0.25, -0.2) is 19.6 Å². The second-order valence-electron chi connectivity index (χ2n) is 4.09. The van der Waals surface area contributed by atoms with Crippen LogP contribution < -0.4 is 0 Å². The molecule has 0 radical (unpaired) electrons. The molecular weight excluding hydrogens is 292 g/mol. The Morgan fingerprint density at radius 3 is 2.71 bits per heavy atom. The normalized spacial score (nSPS) is 10.2. The van der Waals surface area contributed by atoms with Crippen molar-refractivity contribution < 1.29 is 19.4 Å². The Kier molecular flexibility index (Phi) is 4.54. The van der Waals surface area contributed by atoms with Crippen LogP contribution in [0.2, 0.25) is 0 Å². The molecule has 2 rings (SSSR count). The first-order valence-corrected chi connectivity index (χ1v) is 6.76. The summed E-state index contributed by atoms with van der Waals surface area (Å²) in [6.45, 7) is 1.73. The monoisotopic (exact) mass is 304 g/mol. The number of carboxylic acids is 1. The highest BCUT2D eigenvalue weighted by Crippen LogP contribution is 2.27. The summed E-state index contributed by atoms with van der Waals surface area (Å²) in [6, 6.07) is 6.74. The lowest BCUT2D eigenvalue weighted by molar-refractivity contribution is 0.0585. The molecule has 0 saturated heterocycles. The van der Waals surface area contributed by atoms with Crippen molar-refractivity contribution in [3.63, 3.8) is 0 Å². The van der Waals surface area contributed by atoms with Gasteiger partial charge in [0.05, 0.1) is 12.7 Å². The summed E-state index contributed by atoms with van der Waals surface area (Å²) in [5, 5.41) is 9.64. The minimum absolute atomic E-state index is 0.0342. The minimum atomic E-state index is -0.979. The second-order valence-corrected chi connectivity index (χ2v) is 5.19. The van der Waals surface area contributed by atoms with Gasteiger partial charge in [-0.05, 0) is 30.7 Å². The number of carboxylic acid groups (broad SMARTS) is 1. The third kappa shape index (κ3) is 3.57. The number of carbonyl (C=O) groups is 2. The summed E-state index contributed by atoms with van der Waals surface area (Å²) in [7, 11) is 1.25. The van der Waals surface area contributed by atoms with Crippen molar-refractivity contribution >= 4 is 23.7 Å². The van der Waals surface area contributed by atoms with E-state index in [1.165, 1.54) is 25.1 Å². The van der Waals surface area contributed by atoms with E-state index in [1.807, 2.05) is 0 Å². The lowest BCUT2D eigenvalue weighted by Crippen LogP contribution is -2.07. The van der Waals surface area contributed by atoms with Crippen LogP contribution in [0.5, 0.6) is 0 Å². The van der Waals surface area contributed by atoms with E-state index in [0.717, 1.165) is 0 Å². The Morgan fingerprint density at radius 1 is 1.29 bits per heavy atom. The maximum Gasteiger partial charge on any atom is 0.376 e. The van der Waals surface area contributed by atoms with Crippen molar-refractivity contribution in [2.45, 2.75) is 16.8 Å². The number of ether oxygens (including phenoxy) is 1. The van der Waals surface area contributed by atoms with Crippen LogP contribution in [0.3, 0.4) is 0 Å². The molecule has 0 bridgehead atoms. The first-order chi connectivity index (χ1) is 10.0. The quantitative estimate of drug-likeness (QED) is 0.685. The molecule has 1 N–H and O–H groups in total. The average Bonchev–Trinajstić information content (AvgIpc) is 2.48. The molecule has 0 unspecified atom stereocenters. The lowest BCUT2D eigenvalue weighted by Gasteiger charge is -2.05. The first kappa shape index (κ1) is 15.0. The highest BCUT2D eigenvalue weighted by Gasteiger charge is 2.12. The Hall–Kier alpha value is -2.41. The summed E-state index contributed by atoms with van der Waals surface area (Å²) in [5.41, 5.74) is 0.923. The molecule has 0 aliphatic heterocycles. The van der Waals surface area contributed by atoms with Crippen molar-refractivity contribution in [1.29, 1.82) is 0 Å². The molecule has 0 spiro atoms. The predicted octanol–water partition coefficient (Wildman–Crippen LogP) is 2.42. The number of aromatic carboxylic acids is 1. The molecule has 6 nitrogen and oxygen atoms in total. The highest BCUT2D eigenvalue weighted by atomic mass is 32.2. The summed E-state index contributed by atoms with van der Waals surface area (Å²) >= 11 is 1.25. The molecule has 0 fully saturated rings. The Morgan fingerprint density at radius 2 is 2.05 bits per heavy atom. The van der Waals surface area contributed by atoms with Crippen molar-refractivity contribution in [2.75, 3.05) is 7.11 Å². The Bertz CT molecular complexity index is 703. The van der Waals surface area contributed by atoms with E-state index >= 15 is 0 Å². The van der Waals surface area contributed by atoms with Gasteiger partial charge in [-0.3, -0.25) is 0 Å². The largest absolute Gasteiger partial charge is 0.478 e. The SMILES string of the molecule is COC(=O)c1nccc(Sc2ccc(C)c(C(=O)O)c2)n1. The minimum Gasteiger partial charge on any atom is -0.478 e. The zero-order valence-electron chi connectivity index (χ0n) is 11.4. The number of aromatic nitrogens is 2. The number of aryl methyl sites for hydroxylation is 1. The molecule has 21 heavy (non-hydrogen) atoms. The lowest BCUT2D eigenvalue weighted by atomic mass is 10.1. The summed E-state index contributed by atoms with van der Waals surface area (Å²) in [6.07, 6.45) is 1.45. The van der Waals surface area contributed by atoms with Crippen LogP contribution in [0.15, 0.2) is 40.4 Å². The predicted molar refractivity (Wildman–Crippen MR) is 75.6 cm³/mol. The molecule has 0 aliphatic rings. The fourth-order valence-corrected chi connectivity index (χ4v) is 2.42. The van der Waals surface area contributed by atoms with Crippen LogP contribution in [-0.2, 0) is 4.74 Å². The fraction of sp³-hybridized carbons (Fsp3) is 0.143. The van der Waals surface area contributed by atoms with Gasteiger partial charge >= 0.3 is 11.9 Å². The van der Waals surface area contributed by atoms with Gasteiger partial charge in [-0.2, -0.15) is 0 Å². The zero-order valence-corrected chi connectivity index (χ0v) is 12.2. The van der Waals surface area contributed by atoms with Gasteiger partial charge < -0.3 is 9.84 Å². The van der Waals surface area contributed by atoms with Gasteiger partial charge in [0.1, 0.15) is 5.03 Å². The van der Waals surface area contributed by atoms with Crippen molar-refractivity contribution in [1.82, 2.24) is 9.97 Å². The van der Waals surface area contributed by atoms with E-state index in [-0.39, 0.29) is 11.4 Å². The summed E-state index contributed by atoms with van der Waals surface area (Å²) in [5.74, 6) is -1.63. The highest BCUT2D eigenvalue weighted by molar-refractivity contribution is 7.99. The number of methoxy groups -OCH3 is 1. The van der Waals surface area contributed by atoms with Crippen LogP contribution >= 0.6 is 11.8 Å². The molecule has 7 heteroatoms. The van der Waals surface area contributed by atoms with Gasteiger partial charge in [-0.15, -0.1) is 0 Å². The molecule has 1 aromatic carbocycles. The number of rotatable bonds is 4. The fourth-order valence-electron chi connectivity index (χ4n) is 1.60. The Balaban J connectivity index is 2.28. The maximum atomic E-state index is 11.4. The summed E-state index contributed by atoms with van der Waals surface area (Å²) in [4.78, 5) is 31.1. The van der Waals surface area contributed by atoms with E-state index in [1.54, 1.807) is 31.2 Å². The van der Waals surface area contributed by atoms with Crippen molar-refractivity contribution in [3.8, 4) is 0 Å². The number of hydrogen-bond donors (Lipinski definition) is 1. The molecule has 0 atom stereocenters. The van der Waals surface area contributed by atoms with E-state index in [9.17, 15) is 9.59 Å². The molecule has 1 aromatic heterocycles. The number of benzene rings is 1. The van der Waals surface area contributed by atoms with Crippen LogP contribution in [0.4, 0.5) is 0 Å². The van der Waals surface area contributed by atoms with E-state index in [0.29, 0.717) is 15.5 Å². The molecular formula is C14H12N2O4S. The van der Waals surface area contributed by atoms with Gasteiger partial charge in [0.15, 0.2) is 0 Å². The zero-order chi connectivity index (χ0) is 15.4. The molecule has 0 saturated carbocycles. The van der Waals surface area contributed by atoms with Gasteiger partial charge in [-0.1, -0.05) is 17.8 Å². The Labute approximate surface area is 125 Å². The third-order valence-electron chi connectivity index (χ3n) is 2.66. The van der Waals surface area contributed by atoms with E-state index < -0.39 is 11.9 Å². The van der Waals surface area contributed by atoms with Crippen molar-refractivity contribution in [2.24, 2.45) is 0 Å². The van der Waals surface area contributed by atoms with Gasteiger partial charge in [0.2, 0.25) is 5.82 Å². The van der Waals surface area contributed by atoms with Gasteiger partial charge in [0, 0.05) is 11.1 Å². The number of carbonyl (C=O) groups excluding carboxylic acids is 1. The van der Waals surface area contributed by atoms with E-state index in [2.05, 4.69) is 14.7 Å². The van der Waals surface area contributed by atoms with Crippen LogP contribution in [0.1, 0.15) is 26.5 Å².